The van der Waals surface area contributed by atoms with Crippen molar-refractivity contribution < 1.29 is 9.90 Å². The zero-order valence-electron chi connectivity index (χ0n) is 17.4. The molecule has 6 nitrogen and oxygen atoms in total. The summed E-state index contributed by atoms with van der Waals surface area (Å²) < 4.78 is 0. The van der Waals surface area contributed by atoms with Gasteiger partial charge in [-0.1, -0.05) is 48.5 Å². The van der Waals surface area contributed by atoms with E-state index in [0.717, 1.165) is 10.4 Å². The van der Waals surface area contributed by atoms with Crippen molar-refractivity contribution in [2.45, 2.75) is 13.0 Å². The second-order valence-electron chi connectivity index (χ2n) is 6.81. The lowest BCUT2D eigenvalue weighted by molar-refractivity contribution is 0.112. The van der Waals surface area contributed by atoms with Crippen LogP contribution in [0.25, 0.3) is 0 Å². The van der Waals surface area contributed by atoms with Crippen molar-refractivity contribution in [3.63, 3.8) is 0 Å². The second-order valence-corrected chi connectivity index (χ2v) is 7.79. The standard InChI is InChI=1S/C22H16N2O4S.C3H6/c25-12-14-8-4-9-15(20(14)26)23-18-19(22(28)21(18)27)24-17(16-10-5-11-29-16)13-6-2-1-3-7-13;1-3-2/h1-12,17,23-24,26H;3H,1H2,2H3. The smallest absolute Gasteiger partial charge is 0.253 e. The van der Waals surface area contributed by atoms with Crippen LogP contribution >= 0.6 is 11.3 Å². The Morgan fingerprint density at radius 3 is 2.28 bits per heavy atom. The minimum absolute atomic E-state index is 0.0610. The van der Waals surface area contributed by atoms with Gasteiger partial charge in [0.15, 0.2) is 6.29 Å². The molecule has 3 N–H and O–H groups in total. The first kappa shape index (κ1) is 22.7. The number of aldehydes is 1. The van der Waals surface area contributed by atoms with Crippen molar-refractivity contribution in [3.05, 3.63) is 115 Å². The number of phenols is 1. The number of hydrogen-bond donors (Lipinski definition) is 3. The van der Waals surface area contributed by atoms with Crippen LogP contribution in [0.15, 0.2) is 88.3 Å². The molecule has 0 bridgehead atoms. The quantitative estimate of drug-likeness (QED) is 0.160. The summed E-state index contributed by atoms with van der Waals surface area (Å²) in [6, 6.07) is 17.7. The minimum atomic E-state index is -0.679. The molecule has 0 aliphatic rings. The Morgan fingerprint density at radius 2 is 1.66 bits per heavy atom. The Kier molecular flexibility index (Phi) is 7.36. The molecule has 1 unspecified atom stereocenters. The molecular weight excluding hydrogens is 424 g/mol. The molecule has 0 amide bonds. The molecule has 7 heteroatoms. The van der Waals surface area contributed by atoms with E-state index in [-0.39, 0.29) is 34.4 Å². The zero-order chi connectivity index (χ0) is 23.1. The van der Waals surface area contributed by atoms with Crippen LogP contribution in [-0.2, 0) is 0 Å². The fourth-order valence-corrected chi connectivity index (χ4v) is 3.91. The molecule has 0 fully saturated rings. The van der Waals surface area contributed by atoms with E-state index in [0.29, 0.717) is 6.29 Å². The van der Waals surface area contributed by atoms with Crippen molar-refractivity contribution in [1.29, 1.82) is 0 Å². The maximum atomic E-state index is 12.3. The van der Waals surface area contributed by atoms with Gasteiger partial charge >= 0.3 is 0 Å². The van der Waals surface area contributed by atoms with Gasteiger partial charge in [-0.2, -0.15) is 0 Å². The highest BCUT2D eigenvalue weighted by molar-refractivity contribution is 7.10. The molecule has 0 saturated heterocycles. The molecular formula is C25H22N2O4S. The van der Waals surface area contributed by atoms with Crippen molar-refractivity contribution in [1.82, 2.24) is 0 Å². The highest BCUT2D eigenvalue weighted by Gasteiger charge is 2.26. The molecule has 162 valence electrons. The Labute approximate surface area is 189 Å². The van der Waals surface area contributed by atoms with Gasteiger partial charge in [0.1, 0.15) is 17.1 Å². The van der Waals surface area contributed by atoms with Gasteiger partial charge in [-0.05, 0) is 36.1 Å². The number of para-hydroxylation sites is 1. The summed E-state index contributed by atoms with van der Waals surface area (Å²) in [7, 11) is 0. The first-order chi connectivity index (χ1) is 15.5. The number of carbonyl (C=O) groups excluding carboxylic acids is 1. The second kappa shape index (κ2) is 10.4. The van der Waals surface area contributed by atoms with E-state index in [2.05, 4.69) is 17.2 Å². The summed E-state index contributed by atoms with van der Waals surface area (Å²) >= 11 is 1.54. The number of rotatable bonds is 7. The van der Waals surface area contributed by atoms with E-state index in [1.807, 2.05) is 54.8 Å². The molecule has 1 heterocycles. The maximum Gasteiger partial charge on any atom is 0.253 e. The summed E-state index contributed by atoms with van der Waals surface area (Å²) in [6.07, 6.45) is 2.27. The molecule has 4 rings (SSSR count). The number of hydrogen-bond acceptors (Lipinski definition) is 7. The fourth-order valence-electron chi connectivity index (χ4n) is 3.10. The van der Waals surface area contributed by atoms with Gasteiger partial charge in [-0.15, -0.1) is 17.9 Å². The van der Waals surface area contributed by atoms with Gasteiger partial charge in [-0.25, -0.2) is 0 Å². The van der Waals surface area contributed by atoms with Gasteiger partial charge in [0.2, 0.25) is 0 Å². The molecule has 0 radical (unpaired) electrons. The zero-order valence-corrected chi connectivity index (χ0v) is 18.2. The molecule has 1 aromatic heterocycles. The first-order valence-corrected chi connectivity index (χ1v) is 10.7. The van der Waals surface area contributed by atoms with Crippen LogP contribution in [-0.4, -0.2) is 11.4 Å². The Balaban J connectivity index is 0.000000913. The number of anilines is 3. The maximum absolute atomic E-state index is 12.3. The van der Waals surface area contributed by atoms with E-state index in [9.17, 15) is 19.5 Å². The monoisotopic (exact) mass is 446 g/mol. The summed E-state index contributed by atoms with van der Waals surface area (Å²) in [4.78, 5) is 36.5. The number of phenolic OH excluding ortho intramolecular Hbond substituents is 1. The Bertz CT molecular complexity index is 1270. The third kappa shape index (κ3) is 4.68. The lowest BCUT2D eigenvalue weighted by Crippen LogP contribution is -2.37. The Morgan fingerprint density at radius 1 is 0.969 bits per heavy atom. The van der Waals surface area contributed by atoms with Crippen LogP contribution in [0.1, 0.15) is 33.8 Å². The molecule has 32 heavy (non-hydrogen) atoms. The topological polar surface area (TPSA) is 95.5 Å². The fraction of sp³-hybridized carbons (Fsp3) is 0.0800. The van der Waals surface area contributed by atoms with Gasteiger partial charge < -0.3 is 15.7 Å². The molecule has 0 saturated carbocycles. The summed E-state index contributed by atoms with van der Waals surface area (Å²) in [5.41, 5.74) is 0.109. The average molecular weight is 447 g/mol. The average Bonchev–Trinajstić information content (AvgIpc) is 3.35. The highest BCUT2D eigenvalue weighted by atomic mass is 32.1. The predicted molar refractivity (Wildman–Crippen MR) is 130 cm³/mol. The van der Waals surface area contributed by atoms with Crippen LogP contribution in [0.2, 0.25) is 0 Å². The number of benzene rings is 2. The van der Waals surface area contributed by atoms with Gasteiger partial charge in [0.25, 0.3) is 10.9 Å². The third-order valence-electron chi connectivity index (χ3n) is 4.61. The number of aromatic hydroxyl groups is 1. The van der Waals surface area contributed by atoms with Gasteiger partial charge in [0.05, 0.1) is 17.3 Å². The summed E-state index contributed by atoms with van der Waals surface area (Å²) in [5, 5.41) is 18.1. The molecule has 4 aromatic rings. The van der Waals surface area contributed by atoms with Crippen molar-refractivity contribution >= 4 is 34.7 Å². The van der Waals surface area contributed by atoms with E-state index >= 15 is 0 Å². The summed E-state index contributed by atoms with van der Waals surface area (Å²) in [6.45, 7) is 5.25. The molecule has 3 aromatic carbocycles. The van der Waals surface area contributed by atoms with Gasteiger partial charge in [0, 0.05) is 4.88 Å². The van der Waals surface area contributed by atoms with Crippen LogP contribution in [0.5, 0.6) is 5.75 Å². The molecule has 0 aliphatic carbocycles. The lowest BCUT2D eigenvalue weighted by atomic mass is 10.0. The number of carbonyl (C=O) groups is 1. The van der Waals surface area contributed by atoms with Crippen molar-refractivity contribution in [3.8, 4) is 5.75 Å². The normalized spacial score (nSPS) is 11.2. The minimum Gasteiger partial charge on any atom is -0.505 e. The van der Waals surface area contributed by atoms with Crippen LogP contribution < -0.4 is 21.5 Å². The van der Waals surface area contributed by atoms with Crippen molar-refractivity contribution in [2.75, 3.05) is 10.6 Å². The largest absolute Gasteiger partial charge is 0.505 e. The van der Waals surface area contributed by atoms with Crippen LogP contribution in [0.4, 0.5) is 17.1 Å². The number of allylic oxidation sites excluding steroid dienone is 1. The van der Waals surface area contributed by atoms with Crippen LogP contribution in [0, 0.1) is 0 Å². The van der Waals surface area contributed by atoms with E-state index in [1.54, 1.807) is 12.1 Å². The molecule has 0 spiro atoms. The molecule has 1 atom stereocenters. The predicted octanol–water partition coefficient (Wildman–Crippen LogP) is 5.00. The highest BCUT2D eigenvalue weighted by Crippen LogP contribution is 2.34. The first-order valence-electron chi connectivity index (χ1n) is 9.81. The number of thiophene rings is 1. The van der Waals surface area contributed by atoms with Crippen LogP contribution in [0.3, 0.4) is 0 Å². The Hall–Kier alpha value is -3.97. The van der Waals surface area contributed by atoms with Gasteiger partial charge in [-0.3, -0.25) is 14.4 Å². The summed E-state index contributed by atoms with van der Waals surface area (Å²) in [5.74, 6) is -0.278. The van der Waals surface area contributed by atoms with E-state index < -0.39 is 10.9 Å². The van der Waals surface area contributed by atoms with E-state index in [1.165, 1.54) is 23.5 Å². The molecule has 0 aliphatic heterocycles. The SMILES string of the molecule is C=CC.O=Cc1cccc(Nc2c(NC(c3ccccc3)c3cccs3)c(=O)c2=O)c1O. The van der Waals surface area contributed by atoms with E-state index in [4.69, 9.17) is 0 Å². The third-order valence-corrected chi connectivity index (χ3v) is 5.55. The number of nitrogens with one attached hydrogen (secondary N) is 2. The van der Waals surface area contributed by atoms with Crippen molar-refractivity contribution in [2.24, 2.45) is 0 Å². The lowest BCUT2D eigenvalue weighted by Gasteiger charge is -2.22.